The number of aryl methyl sites for hydroxylation is 1. The Hall–Kier alpha value is -2.05. The van der Waals surface area contributed by atoms with E-state index in [1.54, 1.807) is 24.3 Å². The number of carbonyl (C=O) groups is 1. The highest BCUT2D eigenvalue weighted by molar-refractivity contribution is 7.92. The molecule has 2 N–H and O–H groups in total. The molecule has 0 atom stereocenters. The lowest BCUT2D eigenvalue weighted by molar-refractivity contribution is -0.137. The van der Waals surface area contributed by atoms with E-state index < -0.39 is 16.0 Å². The average Bonchev–Trinajstić information content (AvgIpc) is 2.49. The molecule has 5 nitrogen and oxygen atoms in total. The standard InChI is InChI=1S/C16H16ClNO4S/c17-13-6-10-15(11-7-13)23(21,22)18-14-8-4-12(5-9-14)2-1-3-16(19)20/h4-11,18H,1-3H2,(H,19,20). The number of hydrogen-bond donors (Lipinski definition) is 2. The van der Waals surface area contributed by atoms with Crippen molar-refractivity contribution >= 4 is 33.3 Å². The number of nitrogens with one attached hydrogen (secondary N) is 1. The number of benzene rings is 2. The summed E-state index contributed by atoms with van der Waals surface area (Å²) in [6.07, 6.45) is 1.30. The summed E-state index contributed by atoms with van der Waals surface area (Å²) in [4.78, 5) is 10.6. The van der Waals surface area contributed by atoms with Crippen LogP contribution >= 0.6 is 11.6 Å². The van der Waals surface area contributed by atoms with Gasteiger partial charge in [0.05, 0.1) is 4.90 Å². The van der Waals surface area contributed by atoms with E-state index >= 15 is 0 Å². The number of sulfonamides is 1. The number of rotatable bonds is 7. The van der Waals surface area contributed by atoms with Gasteiger partial charge in [-0.3, -0.25) is 9.52 Å². The van der Waals surface area contributed by atoms with Crippen LogP contribution in [-0.2, 0) is 21.2 Å². The highest BCUT2D eigenvalue weighted by atomic mass is 35.5. The molecule has 0 bridgehead atoms. The molecule has 0 aromatic heterocycles. The first-order valence-electron chi connectivity index (χ1n) is 6.96. The van der Waals surface area contributed by atoms with Gasteiger partial charge >= 0.3 is 5.97 Å². The zero-order valence-electron chi connectivity index (χ0n) is 12.2. The first-order valence-corrected chi connectivity index (χ1v) is 8.82. The predicted octanol–water partition coefficient (Wildman–Crippen LogP) is 3.55. The lowest BCUT2D eigenvalue weighted by Gasteiger charge is -2.09. The molecule has 0 aliphatic rings. The second-order valence-corrected chi connectivity index (χ2v) is 7.12. The van der Waals surface area contributed by atoms with Crippen molar-refractivity contribution in [3.05, 3.63) is 59.1 Å². The Bertz CT molecular complexity index is 771. The molecule has 0 aliphatic heterocycles. The summed E-state index contributed by atoms with van der Waals surface area (Å²) in [7, 11) is -3.66. The molecule has 0 amide bonds. The fourth-order valence-electron chi connectivity index (χ4n) is 2.01. The smallest absolute Gasteiger partial charge is 0.303 e. The molecule has 2 aromatic carbocycles. The third-order valence-electron chi connectivity index (χ3n) is 3.19. The number of anilines is 1. The molecule has 0 unspecified atom stereocenters. The van der Waals surface area contributed by atoms with Gasteiger partial charge in [-0.1, -0.05) is 23.7 Å². The van der Waals surface area contributed by atoms with Gasteiger partial charge in [0.1, 0.15) is 0 Å². The maximum atomic E-state index is 12.2. The second kappa shape index (κ2) is 7.48. The first kappa shape index (κ1) is 17.3. The summed E-state index contributed by atoms with van der Waals surface area (Å²) in [5.74, 6) is -0.822. The third-order valence-corrected chi connectivity index (χ3v) is 4.84. The molecule has 23 heavy (non-hydrogen) atoms. The Balaban J connectivity index is 2.02. The van der Waals surface area contributed by atoms with Crippen LogP contribution in [0.2, 0.25) is 5.02 Å². The van der Waals surface area contributed by atoms with Gasteiger partial charge in [-0.15, -0.1) is 0 Å². The molecule has 0 fully saturated rings. The van der Waals surface area contributed by atoms with Gasteiger partial charge in [-0.25, -0.2) is 8.42 Å². The zero-order valence-corrected chi connectivity index (χ0v) is 13.8. The summed E-state index contributed by atoms with van der Waals surface area (Å²) in [5.41, 5.74) is 1.41. The molecule has 0 spiro atoms. The van der Waals surface area contributed by atoms with Crippen molar-refractivity contribution in [2.24, 2.45) is 0 Å². The average molecular weight is 354 g/mol. The lowest BCUT2D eigenvalue weighted by Crippen LogP contribution is -2.12. The van der Waals surface area contributed by atoms with Gasteiger partial charge in [0.15, 0.2) is 0 Å². The molecule has 2 aromatic rings. The van der Waals surface area contributed by atoms with Crippen molar-refractivity contribution in [3.63, 3.8) is 0 Å². The Kier molecular flexibility index (Phi) is 5.63. The highest BCUT2D eigenvalue weighted by Crippen LogP contribution is 2.19. The maximum absolute atomic E-state index is 12.2. The van der Waals surface area contributed by atoms with Crippen molar-refractivity contribution in [2.75, 3.05) is 4.72 Å². The minimum absolute atomic E-state index is 0.116. The molecule has 0 radical (unpaired) electrons. The SMILES string of the molecule is O=C(O)CCCc1ccc(NS(=O)(=O)c2ccc(Cl)cc2)cc1. The molecule has 2 rings (SSSR count). The van der Waals surface area contributed by atoms with Crippen LogP contribution in [0.4, 0.5) is 5.69 Å². The monoisotopic (exact) mass is 353 g/mol. The summed E-state index contributed by atoms with van der Waals surface area (Å²) in [6.45, 7) is 0. The van der Waals surface area contributed by atoms with Crippen molar-refractivity contribution in [3.8, 4) is 0 Å². The van der Waals surface area contributed by atoms with E-state index in [1.165, 1.54) is 24.3 Å². The van der Waals surface area contributed by atoms with Crippen LogP contribution in [0, 0.1) is 0 Å². The van der Waals surface area contributed by atoms with Crippen LogP contribution in [0.25, 0.3) is 0 Å². The molecule has 7 heteroatoms. The van der Waals surface area contributed by atoms with E-state index in [-0.39, 0.29) is 11.3 Å². The van der Waals surface area contributed by atoms with Crippen LogP contribution < -0.4 is 4.72 Å². The number of carboxylic acid groups (broad SMARTS) is 1. The van der Waals surface area contributed by atoms with Gasteiger partial charge in [0, 0.05) is 17.1 Å². The van der Waals surface area contributed by atoms with E-state index in [1.807, 2.05) is 0 Å². The van der Waals surface area contributed by atoms with E-state index in [0.717, 1.165) is 5.56 Å². The first-order chi connectivity index (χ1) is 10.9. The van der Waals surface area contributed by atoms with Gasteiger partial charge in [-0.05, 0) is 54.8 Å². The Labute approximate surface area is 140 Å². The fourth-order valence-corrected chi connectivity index (χ4v) is 3.20. The number of aliphatic carboxylic acids is 1. The zero-order chi connectivity index (χ0) is 16.9. The Morgan fingerprint density at radius 1 is 1.04 bits per heavy atom. The van der Waals surface area contributed by atoms with Crippen LogP contribution in [-0.4, -0.2) is 19.5 Å². The largest absolute Gasteiger partial charge is 0.481 e. The van der Waals surface area contributed by atoms with E-state index in [0.29, 0.717) is 23.6 Å². The van der Waals surface area contributed by atoms with E-state index in [9.17, 15) is 13.2 Å². The topological polar surface area (TPSA) is 83.5 Å². The highest BCUT2D eigenvalue weighted by Gasteiger charge is 2.13. The van der Waals surface area contributed by atoms with E-state index in [4.69, 9.17) is 16.7 Å². The molecule has 0 saturated heterocycles. The van der Waals surface area contributed by atoms with Crippen molar-refractivity contribution in [1.29, 1.82) is 0 Å². The predicted molar refractivity (Wildman–Crippen MR) is 89.3 cm³/mol. The molecular formula is C16H16ClNO4S. The van der Waals surface area contributed by atoms with Gasteiger partial charge in [0.2, 0.25) is 0 Å². The van der Waals surface area contributed by atoms with Crippen LogP contribution in [0.3, 0.4) is 0 Å². The number of carboxylic acids is 1. The van der Waals surface area contributed by atoms with E-state index in [2.05, 4.69) is 4.72 Å². The summed E-state index contributed by atoms with van der Waals surface area (Å²) < 4.78 is 26.9. The van der Waals surface area contributed by atoms with Crippen LogP contribution in [0.1, 0.15) is 18.4 Å². The van der Waals surface area contributed by atoms with Gasteiger partial charge in [-0.2, -0.15) is 0 Å². The molecule has 0 aliphatic carbocycles. The number of halogens is 1. The Morgan fingerprint density at radius 3 is 2.22 bits per heavy atom. The molecule has 0 saturated carbocycles. The molecule has 0 heterocycles. The minimum atomic E-state index is -3.66. The van der Waals surface area contributed by atoms with Gasteiger partial charge in [0.25, 0.3) is 10.0 Å². The normalized spacial score (nSPS) is 11.2. The van der Waals surface area contributed by atoms with Crippen LogP contribution in [0.15, 0.2) is 53.4 Å². The summed E-state index contributed by atoms with van der Waals surface area (Å²) in [5, 5.41) is 9.07. The number of hydrogen-bond acceptors (Lipinski definition) is 3. The van der Waals surface area contributed by atoms with Crippen LogP contribution in [0.5, 0.6) is 0 Å². The second-order valence-electron chi connectivity index (χ2n) is 5.00. The molecular weight excluding hydrogens is 338 g/mol. The summed E-state index contributed by atoms with van der Waals surface area (Å²) >= 11 is 5.75. The lowest BCUT2D eigenvalue weighted by atomic mass is 10.1. The Morgan fingerprint density at radius 2 is 1.65 bits per heavy atom. The third kappa shape index (κ3) is 5.26. The maximum Gasteiger partial charge on any atom is 0.303 e. The molecule has 122 valence electrons. The minimum Gasteiger partial charge on any atom is -0.481 e. The van der Waals surface area contributed by atoms with Crippen molar-refractivity contribution in [1.82, 2.24) is 0 Å². The van der Waals surface area contributed by atoms with Crippen molar-refractivity contribution < 1.29 is 18.3 Å². The van der Waals surface area contributed by atoms with Crippen molar-refractivity contribution in [2.45, 2.75) is 24.2 Å². The fraction of sp³-hybridized carbons (Fsp3) is 0.188. The summed E-state index contributed by atoms with van der Waals surface area (Å²) in [6, 6.07) is 12.8. The van der Waals surface area contributed by atoms with Gasteiger partial charge < -0.3 is 5.11 Å². The quantitative estimate of drug-likeness (QED) is 0.797.